The van der Waals surface area contributed by atoms with Crippen molar-refractivity contribution in [3.63, 3.8) is 0 Å². The molecule has 0 saturated carbocycles. The van der Waals surface area contributed by atoms with Gasteiger partial charge >= 0.3 is 0 Å². The number of halogens is 1. The topological polar surface area (TPSA) is 78.6 Å². The number of nitrogens with one attached hydrogen (secondary N) is 1. The van der Waals surface area contributed by atoms with Crippen LogP contribution in [0.15, 0.2) is 41.9 Å². The van der Waals surface area contributed by atoms with E-state index >= 15 is 0 Å². The van der Waals surface area contributed by atoms with Crippen molar-refractivity contribution in [3.8, 4) is 0 Å². The van der Waals surface area contributed by atoms with Crippen LogP contribution in [0.4, 0.5) is 0 Å². The molecule has 136 valence electrons. The van der Waals surface area contributed by atoms with Gasteiger partial charge in [0.15, 0.2) is 5.96 Å². The third kappa shape index (κ3) is 5.67. The molecular weight excluding hydrogens is 431 g/mol. The molecule has 2 heterocycles. The number of aliphatic hydroxyl groups is 1. The van der Waals surface area contributed by atoms with E-state index in [0.29, 0.717) is 19.6 Å². The molecule has 0 radical (unpaired) electrons. The summed E-state index contributed by atoms with van der Waals surface area (Å²) < 4.78 is 1.80. The van der Waals surface area contributed by atoms with Gasteiger partial charge in [-0.25, -0.2) is 14.7 Å². The normalized spacial score (nSPS) is 17.4. The maximum absolute atomic E-state index is 9.72. The van der Waals surface area contributed by atoms with Crippen LogP contribution < -0.4 is 5.32 Å². The fourth-order valence-electron chi connectivity index (χ4n) is 2.85. The van der Waals surface area contributed by atoms with E-state index in [-0.39, 0.29) is 30.1 Å². The first-order valence-electron chi connectivity index (χ1n) is 8.36. The van der Waals surface area contributed by atoms with Gasteiger partial charge in [0.1, 0.15) is 12.7 Å². The Balaban J connectivity index is 0.00000225. The smallest absolute Gasteiger partial charge is 0.194 e. The second-order valence-corrected chi connectivity index (χ2v) is 5.97. The van der Waals surface area contributed by atoms with E-state index in [1.54, 1.807) is 17.3 Å². The highest BCUT2D eigenvalue weighted by Gasteiger charge is 2.22. The van der Waals surface area contributed by atoms with Gasteiger partial charge in [-0.1, -0.05) is 24.3 Å². The van der Waals surface area contributed by atoms with Crippen molar-refractivity contribution in [1.82, 2.24) is 25.0 Å². The fraction of sp³-hybridized carbons (Fsp3) is 0.471. The lowest BCUT2D eigenvalue weighted by molar-refractivity contribution is 0.188. The summed E-state index contributed by atoms with van der Waals surface area (Å²) in [6.45, 7) is 5.69. The first kappa shape index (κ1) is 19.6. The predicted molar refractivity (Wildman–Crippen MR) is 108 cm³/mol. The van der Waals surface area contributed by atoms with Gasteiger partial charge in [-0.15, -0.1) is 24.0 Å². The van der Waals surface area contributed by atoms with Crippen LogP contribution in [-0.4, -0.2) is 56.5 Å². The molecule has 7 nitrogen and oxygen atoms in total. The van der Waals surface area contributed by atoms with Crippen molar-refractivity contribution >= 4 is 29.9 Å². The third-order valence-corrected chi connectivity index (χ3v) is 4.01. The zero-order chi connectivity index (χ0) is 16.8. The standard InChI is InChI=1S/C17H24N6O.HI/c1-2-19-17(22-7-6-16(24)11-22)20-9-14-4-3-5-15(8-14)10-23-13-18-12-21-23;/h3-5,8,12-13,16,24H,2,6-7,9-11H2,1H3,(H,19,20);1H/t16-;/m1./s1. The van der Waals surface area contributed by atoms with Crippen molar-refractivity contribution in [3.05, 3.63) is 48.0 Å². The van der Waals surface area contributed by atoms with Crippen molar-refractivity contribution < 1.29 is 5.11 Å². The SMILES string of the molecule is CCNC(=NCc1cccc(Cn2cncn2)c1)N1CC[C@@H](O)C1.I. The summed E-state index contributed by atoms with van der Waals surface area (Å²) in [5.74, 6) is 0.871. The number of aliphatic imine (C=N–C) groups is 1. The van der Waals surface area contributed by atoms with Crippen molar-refractivity contribution in [2.45, 2.75) is 32.5 Å². The highest BCUT2D eigenvalue weighted by Crippen LogP contribution is 2.11. The number of β-amino-alcohol motifs (C(OH)–C–C–N with tert-alkyl or cyclic N) is 1. The molecule has 0 bridgehead atoms. The van der Waals surface area contributed by atoms with Crippen LogP contribution in [0.25, 0.3) is 0 Å². The molecule has 0 spiro atoms. The molecule has 2 N–H and O–H groups in total. The molecule has 1 fully saturated rings. The predicted octanol–water partition coefficient (Wildman–Crippen LogP) is 1.48. The van der Waals surface area contributed by atoms with E-state index in [2.05, 4.69) is 45.4 Å². The summed E-state index contributed by atoms with van der Waals surface area (Å²) in [6, 6.07) is 8.35. The van der Waals surface area contributed by atoms with E-state index in [4.69, 9.17) is 4.99 Å². The van der Waals surface area contributed by atoms with Gasteiger partial charge < -0.3 is 15.3 Å². The van der Waals surface area contributed by atoms with Crippen LogP contribution in [0.5, 0.6) is 0 Å². The molecule has 0 amide bonds. The molecule has 25 heavy (non-hydrogen) atoms. The summed E-state index contributed by atoms with van der Waals surface area (Å²) in [4.78, 5) is 10.8. The quantitative estimate of drug-likeness (QED) is 0.405. The summed E-state index contributed by atoms with van der Waals surface area (Å²) in [6.07, 6.45) is 3.81. The summed E-state index contributed by atoms with van der Waals surface area (Å²) in [5.41, 5.74) is 2.33. The van der Waals surface area contributed by atoms with Gasteiger partial charge in [-0.05, 0) is 24.5 Å². The Morgan fingerprint density at radius 1 is 1.40 bits per heavy atom. The first-order valence-corrected chi connectivity index (χ1v) is 8.36. The molecular formula is C17H25IN6O. The van der Waals surface area contributed by atoms with E-state index in [1.165, 1.54) is 5.56 Å². The largest absolute Gasteiger partial charge is 0.391 e. The third-order valence-electron chi connectivity index (χ3n) is 4.01. The summed E-state index contributed by atoms with van der Waals surface area (Å²) in [5, 5.41) is 17.2. The van der Waals surface area contributed by atoms with Crippen molar-refractivity contribution in [2.75, 3.05) is 19.6 Å². The van der Waals surface area contributed by atoms with Gasteiger partial charge in [-0.2, -0.15) is 5.10 Å². The molecule has 1 aliphatic heterocycles. The molecule has 1 aromatic heterocycles. The Hall–Kier alpha value is -1.68. The number of nitrogens with zero attached hydrogens (tertiary/aromatic N) is 5. The van der Waals surface area contributed by atoms with E-state index < -0.39 is 0 Å². The van der Waals surface area contributed by atoms with Gasteiger partial charge in [0.25, 0.3) is 0 Å². The minimum Gasteiger partial charge on any atom is -0.391 e. The van der Waals surface area contributed by atoms with Crippen LogP contribution in [0.2, 0.25) is 0 Å². The molecule has 2 aromatic rings. The van der Waals surface area contributed by atoms with Gasteiger partial charge in [0, 0.05) is 19.6 Å². The molecule has 0 unspecified atom stereocenters. The summed E-state index contributed by atoms with van der Waals surface area (Å²) in [7, 11) is 0. The second kappa shape index (κ2) is 9.71. The Morgan fingerprint density at radius 3 is 2.92 bits per heavy atom. The molecule has 0 aliphatic carbocycles. The zero-order valence-corrected chi connectivity index (χ0v) is 16.7. The Labute approximate surface area is 165 Å². The number of hydrogen-bond acceptors (Lipinski definition) is 4. The Bertz CT molecular complexity index is 676. The Morgan fingerprint density at radius 2 is 2.24 bits per heavy atom. The second-order valence-electron chi connectivity index (χ2n) is 5.97. The number of benzene rings is 1. The molecule has 1 aromatic carbocycles. The van der Waals surface area contributed by atoms with Crippen molar-refractivity contribution in [2.24, 2.45) is 4.99 Å². The number of guanidine groups is 1. The number of hydrogen-bond donors (Lipinski definition) is 2. The number of aliphatic hydroxyl groups excluding tert-OH is 1. The van der Waals surface area contributed by atoms with Gasteiger partial charge in [0.2, 0.25) is 0 Å². The van der Waals surface area contributed by atoms with Crippen molar-refractivity contribution in [1.29, 1.82) is 0 Å². The summed E-state index contributed by atoms with van der Waals surface area (Å²) >= 11 is 0. The molecule has 1 atom stereocenters. The highest BCUT2D eigenvalue weighted by atomic mass is 127. The first-order chi connectivity index (χ1) is 11.7. The number of likely N-dealkylation sites (tertiary alicyclic amines) is 1. The average Bonchev–Trinajstić information content (AvgIpc) is 3.23. The Kier molecular flexibility index (Phi) is 7.63. The van der Waals surface area contributed by atoms with E-state index in [1.807, 2.05) is 6.07 Å². The molecule has 1 saturated heterocycles. The van der Waals surface area contributed by atoms with Crippen LogP contribution in [0, 0.1) is 0 Å². The molecule has 8 heteroatoms. The maximum atomic E-state index is 9.72. The lowest BCUT2D eigenvalue weighted by Crippen LogP contribution is -2.40. The lowest BCUT2D eigenvalue weighted by atomic mass is 10.1. The number of rotatable bonds is 5. The fourth-order valence-corrected chi connectivity index (χ4v) is 2.85. The van der Waals surface area contributed by atoms with Gasteiger partial charge in [-0.3, -0.25) is 0 Å². The number of aromatic nitrogens is 3. The lowest BCUT2D eigenvalue weighted by Gasteiger charge is -2.21. The van der Waals surface area contributed by atoms with Crippen LogP contribution in [0.1, 0.15) is 24.5 Å². The average molecular weight is 456 g/mol. The maximum Gasteiger partial charge on any atom is 0.194 e. The minimum atomic E-state index is -0.250. The minimum absolute atomic E-state index is 0. The molecule has 1 aliphatic rings. The zero-order valence-electron chi connectivity index (χ0n) is 14.4. The van der Waals surface area contributed by atoms with Gasteiger partial charge in [0.05, 0.1) is 19.2 Å². The van der Waals surface area contributed by atoms with E-state index in [0.717, 1.165) is 31.0 Å². The van der Waals surface area contributed by atoms with Crippen LogP contribution >= 0.6 is 24.0 Å². The highest BCUT2D eigenvalue weighted by molar-refractivity contribution is 14.0. The van der Waals surface area contributed by atoms with Crippen LogP contribution in [-0.2, 0) is 13.1 Å². The molecule has 3 rings (SSSR count). The van der Waals surface area contributed by atoms with E-state index in [9.17, 15) is 5.11 Å². The van der Waals surface area contributed by atoms with Crippen LogP contribution in [0.3, 0.4) is 0 Å². The monoisotopic (exact) mass is 456 g/mol.